The number of benzene rings is 2. The fraction of sp³-hybridized carbons (Fsp3) is 0.0714. The summed E-state index contributed by atoms with van der Waals surface area (Å²) in [6, 6.07) is 16.4. The Morgan fingerprint density at radius 2 is 1.35 bits per heavy atom. The highest BCUT2D eigenvalue weighted by atomic mass is 32.1. The Labute approximate surface area is 106 Å². The van der Waals surface area contributed by atoms with E-state index in [1.807, 2.05) is 24.3 Å². The Bertz CT molecular complexity index is 473. The number of nitriles is 1. The molecule has 0 atom stereocenters. The van der Waals surface area contributed by atoms with Gasteiger partial charge in [0.15, 0.2) is 0 Å². The average Bonchev–Trinajstić information content (AvgIpc) is 2.37. The van der Waals surface area contributed by atoms with Gasteiger partial charge in [0.2, 0.25) is 0 Å². The van der Waals surface area contributed by atoms with Crippen molar-refractivity contribution in [3.8, 4) is 16.9 Å². The Morgan fingerprint density at radius 1 is 0.941 bits per heavy atom. The van der Waals surface area contributed by atoms with Crippen molar-refractivity contribution < 1.29 is 4.74 Å². The van der Waals surface area contributed by atoms with Crippen LogP contribution in [0.15, 0.2) is 48.5 Å². The van der Waals surface area contributed by atoms with Crippen LogP contribution in [-0.4, -0.2) is 0 Å². The minimum absolute atomic E-state index is 0.979. The van der Waals surface area contributed by atoms with Crippen molar-refractivity contribution in [2.75, 3.05) is 0 Å². The fourth-order valence-electron chi connectivity index (χ4n) is 1.82. The molecule has 1 heterocycles. The van der Waals surface area contributed by atoms with E-state index in [1.54, 1.807) is 0 Å². The van der Waals surface area contributed by atoms with Crippen LogP contribution in [-0.2, 0) is 19.0 Å². The summed E-state index contributed by atoms with van der Waals surface area (Å²) < 4.78 is 5.78. The molecule has 0 N–H and O–H groups in total. The van der Waals surface area contributed by atoms with E-state index in [2.05, 4.69) is 36.9 Å². The van der Waals surface area contributed by atoms with E-state index in [-0.39, 0.29) is 0 Å². The second kappa shape index (κ2) is 5.33. The second-order valence-corrected chi connectivity index (χ2v) is 3.77. The van der Waals surface area contributed by atoms with Gasteiger partial charge < -0.3 is 17.4 Å². The van der Waals surface area contributed by atoms with Gasteiger partial charge in [0.1, 0.15) is 11.5 Å². The lowest BCUT2D eigenvalue weighted by atomic mass is 10.0. The molecule has 3 heteroatoms. The average molecular weight is 240 g/mol. The van der Waals surface area contributed by atoms with Crippen molar-refractivity contribution in [1.29, 1.82) is 5.26 Å². The molecular weight excluding hydrogens is 230 g/mol. The van der Waals surface area contributed by atoms with Crippen LogP contribution < -0.4 is 4.74 Å². The predicted molar refractivity (Wildman–Crippen MR) is 68.7 cm³/mol. The fourth-order valence-corrected chi connectivity index (χ4v) is 1.82. The number of hydrogen-bond donors (Lipinski definition) is 0. The van der Waals surface area contributed by atoms with Crippen LogP contribution in [0.1, 0.15) is 11.1 Å². The quantitative estimate of drug-likeness (QED) is 0.446. The summed E-state index contributed by atoms with van der Waals surface area (Å²) in [5, 5.41) is 8.47. The molecule has 0 aromatic heterocycles. The standard InChI is InChI=1S/C13H10O.CHNS/c1-3-7-12-10(5-1)9-11-6-2-4-8-13(11)14-12;2-1-3/h1-8H,9H2;3H/p-1. The molecule has 0 amide bonds. The van der Waals surface area contributed by atoms with Crippen LogP contribution in [0.5, 0.6) is 11.5 Å². The van der Waals surface area contributed by atoms with Gasteiger partial charge in [-0.05, 0) is 23.3 Å². The van der Waals surface area contributed by atoms with Crippen LogP contribution >= 0.6 is 0 Å². The van der Waals surface area contributed by atoms with E-state index in [0.29, 0.717) is 0 Å². The maximum absolute atomic E-state index is 7.13. The smallest absolute Gasteiger partial charge is 0.130 e. The van der Waals surface area contributed by atoms with Crippen molar-refractivity contribution in [3.63, 3.8) is 0 Å². The van der Waals surface area contributed by atoms with Gasteiger partial charge in [0.25, 0.3) is 0 Å². The number of rotatable bonds is 0. The molecule has 2 nitrogen and oxygen atoms in total. The molecule has 3 rings (SSSR count). The van der Waals surface area contributed by atoms with Crippen molar-refractivity contribution in [2.24, 2.45) is 0 Å². The lowest BCUT2D eigenvalue weighted by Crippen LogP contribution is -2.01. The van der Waals surface area contributed by atoms with Gasteiger partial charge in [0.05, 0.1) is 0 Å². The Hall–Kier alpha value is -2.05. The SMILES string of the molecule is N#C[S-].c1ccc2c(c1)Cc1ccccc1O2. The summed E-state index contributed by atoms with van der Waals surface area (Å²) in [6.45, 7) is 0. The molecule has 2 aromatic carbocycles. The van der Waals surface area contributed by atoms with Crippen molar-refractivity contribution >= 4 is 12.6 Å². The molecule has 0 spiro atoms. The van der Waals surface area contributed by atoms with Crippen molar-refractivity contribution in [3.05, 3.63) is 59.7 Å². The number of thiocyanates is 1. The summed E-state index contributed by atoms with van der Waals surface area (Å²) >= 11 is 3.70. The third kappa shape index (κ3) is 2.55. The van der Waals surface area contributed by atoms with Crippen LogP contribution in [0.2, 0.25) is 0 Å². The van der Waals surface area contributed by atoms with Crippen molar-refractivity contribution in [2.45, 2.75) is 6.42 Å². The molecule has 0 saturated carbocycles. The summed E-state index contributed by atoms with van der Waals surface area (Å²) in [6.07, 6.45) is 0.979. The van der Waals surface area contributed by atoms with E-state index >= 15 is 0 Å². The first kappa shape index (κ1) is 11.4. The molecule has 2 aromatic rings. The molecule has 17 heavy (non-hydrogen) atoms. The molecule has 0 bridgehead atoms. The molecular formula is C14H10NOS-. The number of hydrogen-bond acceptors (Lipinski definition) is 3. The first-order valence-electron chi connectivity index (χ1n) is 5.20. The number of nitrogens with zero attached hydrogens (tertiary/aromatic N) is 1. The maximum atomic E-state index is 7.13. The lowest BCUT2D eigenvalue weighted by molar-refractivity contribution is 0.460. The molecule has 0 radical (unpaired) electrons. The summed E-state index contributed by atoms with van der Waals surface area (Å²) in [7, 11) is 0. The molecule has 0 fully saturated rings. The van der Waals surface area contributed by atoms with E-state index in [4.69, 9.17) is 10.00 Å². The van der Waals surface area contributed by atoms with Crippen LogP contribution in [0, 0.1) is 10.7 Å². The van der Waals surface area contributed by atoms with Crippen LogP contribution in [0.4, 0.5) is 0 Å². The van der Waals surface area contributed by atoms with Gasteiger partial charge in [-0.3, -0.25) is 0 Å². The first-order valence-corrected chi connectivity index (χ1v) is 5.61. The highest BCUT2D eigenvalue weighted by Gasteiger charge is 2.14. The van der Waals surface area contributed by atoms with Gasteiger partial charge in [-0.25, -0.2) is 5.26 Å². The maximum Gasteiger partial charge on any atom is 0.130 e. The van der Waals surface area contributed by atoms with E-state index in [1.165, 1.54) is 16.5 Å². The zero-order chi connectivity index (χ0) is 12.1. The van der Waals surface area contributed by atoms with Crippen LogP contribution in [0.3, 0.4) is 0 Å². The predicted octanol–water partition coefficient (Wildman–Crippen LogP) is 3.40. The minimum atomic E-state index is 0.979. The monoisotopic (exact) mass is 240 g/mol. The first-order chi connectivity index (χ1) is 8.35. The third-order valence-corrected chi connectivity index (χ3v) is 2.55. The molecule has 0 aliphatic carbocycles. The molecule has 1 aliphatic heterocycles. The van der Waals surface area contributed by atoms with Crippen molar-refractivity contribution in [1.82, 2.24) is 0 Å². The normalized spacial score (nSPS) is 10.8. The summed E-state index contributed by atoms with van der Waals surface area (Å²) in [5.74, 6) is 1.98. The van der Waals surface area contributed by atoms with E-state index < -0.39 is 0 Å². The Morgan fingerprint density at radius 3 is 1.82 bits per heavy atom. The largest absolute Gasteiger partial charge is 0.696 e. The van der Waals surface area contributed by atoms with E-state index in [9.17, 15) is 0 Å². The third-order valence-electron chi connectivity index (χ3n) is 2.55. The van der Waals surface area contributed by atoms with Gasteiger partial charge in [0, 0.05) is 6.42 Å². The molecule has 0 unspecified atom stereocenters. The minimum Gasteiger partial charge on any atom is -0.696 e. The number of ether oxygens (including phenoxy) is 1. The highest BCUT2D eigenvalue weighted by Crippen LogP contribution is 2.35. The number of fused-ring (bicyclic) bond motifs is 2. The molecule has 84 valence electrons. The summed E-state index contributed by atoms with van der Waals surface area (Å²) in [5.41, 5.74) is 2.54. The number of para-hydroxylation sites is 2. The lowest BCUT2D eigenvalue weighted by Gasteiger charge is -2.19. The van der Waals surface area contributed by atoms with Gasteiger partial charge in [-0.15, -0.1) is 0 Å². The van der Waals surface area contributed by atoms with Crippen LogP contribution in [0.25, 0.3) is 0 Å². The summed E-state index contributed by atoms with van der Waals surface area (Å²) in [4.78, 5) is 0. The molecule has 1 aliphatic rings. The zero-order valence-corrected chi connectivity index (χ0v) is 9.91. The van der Waals surface area contributed by atoms with Gasteiger partial charge in [-0.2, -0.15) is 0 Å². The highest BCUT2D eigenvalue weighted by molar-refractivity contribution is 7.64. The van der Waals surface area contributed by atoms with Gasteiger partial charge >= 0.3 is 0 Å². The van der Waals surface area contributed by atoms with Gasteiger partial charge in [-0.1, -0.05) is 41.8 Å². The molecule has 0 saturated heterocycles. The zero-order valence-electron chi connectivity index (χ0n) is 9.09. The second-order valence-electron chi connectivity index (χ2n) is 3.59. The topological polar surface area (TPSA) is 33.0 Å². The Balaban J connectivity index is 0.000000329. The van der Waals surface area contributed by atoms with E-state index in [0.717, 1.165) is 17.9 Å². The Kier molecular flexibility index (Phi) is 3.59.